The van der Waals surface area contributed by atoms with Gasteiger partial charge >= 0.3 is 0 Å². The van der Waals surface area contributed by atoms with Crippen LogP contribution in [-0.4, -0.2) is 17.0 Å². The van der Waals surface area contributed by atoms with Crippen molar-refractivity contribution in [1.82, 2.24) is 15.3 Å². The van der Waals surface area contributed by atoms with Crippen molar-refractivity contribution in [3.63, 3.8) is 0 Å². The lowest BCUT2D eigenvalue weighted by Gasteiger charge is -2.15. The second-order valence-corrected chi connectivity index (χ2v) is 4.75. The molecule has 0 aliphatic carbocycles. The van der Waals surface area contributed by atoms with Gasteiger partial charge in [0.25, 0.3) is 0 Å². The van der Waals surface area contributed by atoms with Gasteiger partial charge in [-0.05, 0) is 25.1 Å². The Balaban J connectivity index is 2.16. The second-order valence-electron chi connectivity index (χ2n) is 3.77. The van der Waals surface area contributed by atoms with Gasteiger partial charge in [0.15, 0.2) is 0 Å². The van der Waals surface area contributed by atoms with E-state index < -0.39 is 0 Å². The van der Waals surface area contributed by atoms with Crippen LogP contribution in [0.1, 0.15) is 22.2 Å². The molecule has 0 fully saturated rings. The van der Waals surface area contributed by atoms with Gasteiger partial charge in [0.1, 0.15) is 0 Å². The summed E-state index contributed by atoms with van der Waals surface area (Å²) in [7, 11) is 1.97. The van der Waals surface area contributed by atoms with E-state index in [1.54, 1.807) is 11.3 Å². The van der Waals surface area contributed by atoms with E-state index in [0.717, 1.165) is 11.4 Å². The SMILES string of the molecule is CNC(Cc1nccs1)c1cncc(C)c1. The normalized spacial score (nSPS) is 12.6. The number of nitrogens with zero attached hydrogens (tertiary/aromatic N) is 2. The quantitative estimate of drug-likeness (QED) is 0.881. The Morgan fingerprint density at radius 1 is 1.44 bits per heavy atom. The maximum Gasteiger partial charge on any atom is 0.0943 e. The molecule has 2 rings (SSSR count). The highest BCUT2D eigenvalue weighted by atomic mass is 32.1. The molecule has 0 aliphatic heterocycles. The lowest BCUT2D eigenvalue weighted by molar-refractivity contribution is 0.588. The third-order valence-electron chi connectivity index (χ3n) is 2.51. The van der Waals surface area contributed by atoms with Crippen LogP contribution in [0.15, 0.2) is 30.0 Å². The van der Waals surface area contributed by atoms with Crippen LogP contribution in [0, 0.1) is 6.92 Å². The summed E-state index contributed by atoms with van der Waals surface area (Å²) in [5.74, 6) is 0. The first-order chi connectivity index (χ1) is 7.79. The number of thiazole rings is 1. The minimum atomic E-state index is 0.290. The van der Waals surface area contributed by atoms with Crippen molar-refractivity contribution in [3.05, 3.63) is 46.2 Å². The topological polar surface area (TPSA) is 37.8 Å². The zero-order chi connectivity index (χ0) is 11.4. The number of nitrogens with one attached hydrogen (secondary N) is 1. The number of pyridine rings is 1. The Labute approximate surface area is 99.6 Å². The van der Waals surface area contributed by atoms with Crippen LogP contribution in [0.25, 0.3) is 0 Å². The van der Waals surface area contributed by atoms with Crippen LogP contribution < -0.4 is 5.32 Å². The van der Waals surface area contributed by atoms with Crippen molar-refractivity contribution in [1.29, 1.82) is 0 Å². The minimum absolute atomic E-state index is 0.290. The number of aryl methyl sites for hydroxylation is 1. The maximum absolute atomic E-state index is 4.31. The minimum Gasteiger partial charge on any atom is -0.313 e. The Kier molecular flexibility index (Phi) is 3.64. The summed E-state index contributed by atoms with van der Waals surface area (Å²) in [6.45, 7) is 2.06. The predicted octanol–water partition coefficient (Wildman–Crippen LogP) is 2.35. The van der Waals surface area contributed by atoms with E-state index in [9.17, 15) is 0 Å². The Morgan fingerprint density at radius 3 is 2.94 bits per heavy atom. The number of likely N-dealkylation sites (N-methyl/N-ethyl adjacent to an activating group) is 1. The molecule has 4 heteroatoms. The Morgan fingerprint density at radius 2 is 2.31 bits per heavy atom. The average Bonchev–Trinajstić information content (AvgIpc) is 2.78. The van der Waals surface area contributed by atoms with Gasteiger partial charge in [-0.1, -0.05) is 6.07 Å². The monoisotopic (exact) mass is 233 g/mol. The molecule has 0 spiro atoms. The van der Waals surface area contributed by atoms with Crippen LogP contribution in [0.4, 0.5) is 0 Å². The van der Waals surface area contributed by atoms with Crippen LogP contribution >= 0.6 is 11.3 Å². The predicted molar refractivity (Wildman–Crippen MR) is 66.6 cm³/mol. The van der Waals surface area contributed by atoms with Crippen molar-refractivity contribution >= 4 is 11.3 Å². The van der Waals surface area contributed by atoms with E-state index in [0.29, 0.717) is 6.04 Å². The van der Waals surface area contributed by atoms with Crippen molar-refractivity contribution in [2.24, 2.45) is 0 Å². The van der Waals surface area contributed by atoms with Gasteiger partial charge in [-0.3, -0.25) is 4.98 Å². The number of hydrogen-bond donors (Lipinski definition) is 1. The van der Waals surface area contributed by atoms with Crippen molar-refractivity contribution in [2.45, 2.75) is 19.4 Å². The van der Waals surface area contributed by atoms with Gasteiger partial charge < -0.3 is 5.32 Å². The molecule has 0 bridgehead atoms. The van der Waals surface area contributed by atoms with Crippen molar-refractivity contribution in [3.8, 4) is 0 Å². The highest BCUT2D eigenvalue weighted by Crippen LogP contribution is 2.19. The molecule has 0 aromatic carbocycles. The third-order valence-corrected chi connectivity index (χ3v) is 3.31. The zero-order valence-corrected chi connectivity index (χ0v) is 10.3. The highest BCUT2D eigenvalue weighted by molar-refractivity contribution is 7.09. The standard InChI is InChI=1S/C12H15N3S/c1-9-5-10(8-14-7-9)11(13-2)6-12-15-3-4-16-12/h3-5,7-8,11,13H,6H2,1-2H3. The van der Waals surface area contributed by atoms with Crippen LogP contribution in [0.3, 0.4) is 0 Å². The van der Waals surface area contributed by atoms with Gasteiger partial charge in [-0.15, -0.1) is 11.3 Å². The van der Waals surface area contributed by atoms with Crippen LogP contribution in [0.2, 0.25) is 0 Å². The van der Waals surface area contributed by atoms with E-state index in [1.165, 1.54) is 11.1 Å². The van der Waals surface area contributed by atoms with E-state index in [-0.39, 0.29) is 0 Å². The Bertz CT molecular complexity index is 439. The molecule has 1 unspecified atom stereocenters. The third kappa shape index (κ3) is 2.65. The molecule has 0 radical (unpaired) electrons. The summed E-state index contributed by atoms with van der Waals surface area (Å²) in [6.07, 6.45) is 6.56. The lowest BCUT2D eigenvalue weighted by Crippen LogP contribution is -2.19. The molecule has 0 saturated carbocycles. The van der Waals surface area contributed by atoms with Crippen molar-refractivity contribution < 1.29 is 0 Å². The molecule has 3 nitrogen and oxygen atoms in total. The summed E-state index contributed by atoms with van der Waals surface area (Å²) in [5, 5.41) is 6.47. The molecular formula is C12H15N3S. The van der Waals surface area contributed by atoms with E-state index in [4.69, 9.17) is 0 Å². The summed E-state index contributed by atoms with van der Waals surface area (Å²) in [5.41, 5.74) is 2.41. The summed E-state index contributed by atoms with van der Waals surface area (Å²) in [6, 6.07) is 2.46. The fourth-order valence-electron chi connectivity index (χ4n) is 1.68. The first kappa shape index (κ1) is 11.2. The molecule has 2 aromatic heterocycles. The number of aromatic nitrogens is 2. The van der Waals surface area contributed by atoms with Gasteiger partial charge in [0.05, 0.1) is 5.01 Å². The zero-order valence-electron chi connectivity index (χ0n) is 9.47. The smallest absolute Gasteiger partial charge is 0.0943 e. The van der Waals surface area contributed by atoms with Gasteiger partial charge in [-0.2, -0.15) is 0 Å². The fraction of sp³-hybridized carbons (Fsp3) is 0.333. The van der Waals surface area contributed by atoms with E-state index in [1.807, 2.05) is 31.0 Å². The molecule has 0 aliphatic rings. The van der Waals surface area contributed by atoms with Crippen LogP contribution in [0.5, 0.6) is 0 Å². The largest absolute Gasteiger partial charge is 0.313 e. The summed E-state index contributed by atoms with van der Waals surface area (Å²) in [4.78, 5) is 8.54. The molecule has 2 aromatic rings. The molecule has 84 valence electrons. The van der Waals surface area contributed by atoms with Gasteiger partial charge in [-0.25, -0.2) is 4.98 Å². The van der Waals surface area contributed by atoms with Crippen molar-refractivity contribution in [2.75, 3.05) is 7.05 Å². The van der Waals surface area contributed by atoms with Crippen LogP contribution in [-0.2, 0) is 6.42 Å². The summed E-state index contributed by atoms with van der Waals surface area (Å²) < 4.78 is 0. The molecule has 0 saturated heterocycles. The molecule has 16 heavy (non-hydrogen) atoms. The molecular weight excluding hydrogens is 218 g/mol. The second kappa shape index (κ2) is 5.18. The highest BCUT2D eigenvalue weighted by Gasteiger charge is 2.11. The van der Waals surface area contributed by atoms with E-state index in [2.05, 4.69) is 28.3 Å². The first-order valence-corrected chi connectivity index (χ1v) is 6.14. The van der Waals surface area contributed by atoms with Gasteiger partial charge in [0.2, 0.25) is 0 Å². The molecule has 0 amide bonds. The Hall–Kier alpha value is -1.26. The molecule has 1 atom stereocenters. The number of hydrogen-bond acceptors (Lipinski definition) is 4. The molecule has 2 heterocycles. The molecule has 1 N–H and O–H groups in total. The first-order valence-electron chi connectivity index (χ1n) is 5.27. The maximum atomic E-state index is 4.31. The number of rotatable bonds is 4. The average molecular weight is 233 g/mol. The lowest BCUT2D eigenvalue weighted by atomic mass is 10.1. The van der Waals surface area contributed by atoms with E-state index >= 15 is 0 Å². The summed E-state index contributed by atoms with van der Waals surface area (Å²) >= 11 is 1.69. The fourth-order valence-corrected chi connectivity index (χ4v) is 2.35. The van der Waals surface area contributed by atoms with Gasteiger partial charge in [0, 0.05) is 36.4 Å².